The summed E-state index contributed by atoms with van der Waals surface area (Å²) in [6.45, 7) is 5.38. The van der Waals surface area contributed by atoms with Crippen molar-refractivity contribution in [2.45, 2.75) is 12.2 Å². The summed E-state index contributed by atoms with van der Waals surface area (Å²) in [5.41, 5.74) is 0. The van der Waals surface area contributed by atoms with Crippen LogP contribution in [0.5, 0.6) is 0 Å². The number of hydrogen-bond acceptors (Lipinski definition) is 1. The van der Waals surface area contributed by atoms with Gasteiger partial charge in [0.15, 0.2) is 0 Å². The molecule has 5 heavy (non-hydrogen) atoms. The lowest BCUT2D eigenvalue weighted by atomic mass is 10.5. The highest BCUT2D eigenvalue weighted by atomic mass is 32.1. The maximum atomic E-state index is 4.66. The summed E-state index contributed by atoms with van der Waals surface area (Å²) in [5.74, 6) is 0. The molecule has 0 saturated heterocycles. The quantitative estimate of drug-likeness (QED) is 0.341. The van der Waals surface area contributed by atoms with Crippen LogP contribution in [0.3, 0.4) is 0 Å². The molecule has 0 fully saturated rings. The Morgan fingerprint density at radius 1 is 2.00 bits per heavy atom. The molecule has 0 nitrogen and oxygen atoms in total. The van der Waals surface area contributed by atoms with Crippen molar-refractivity contribution >= 4 is 12.6 Å². The van der Waals surface area contributed by atoms with Gasteiger partial charge >= 0.3 is 0 Å². The normalized spacial score (nSPS) is 14.0. The van der Waals surface area contributed by atoms with Gasteiger partial charge in [0.05, 0.1) is 0 Å². The summed E-state index contributed by atoms with van der Waals surface area (Å²) < 4.78 is 0. The summed E-state index contributed by atoms with van der Waals surface area (Å²) in [4.78, 5) is 0. The van der Waals surface area contributed by atoms with Gasteiger partial charge in [0.25, 0.3) is 0 Å². The minimum Gasteiger partial charge on any atom is -0.785 e. The van der Waals surface area contributed by atoms with Crippen molar-refractivity contribution < 1.29 is 0 Å². The number of rotatable bonds is 1. The standard InChI is InChI=1S/C4H8S/c1-3-4(2)5/h3-5H,1H2,2H3/p-1. The Bertz CT molecular complexity index is 30.6. The van der Waals surface area contributed by atoms with Gasteiger partial charge in [-0.05, 0) is 0 Å². The van der Waals surface area contributed by atoms with Crippen LogP contribution in [0.1, 0.15) is 6.92 Å². The van der Waals surface area contributed by atoms with E-state index in [1.807, 2.05) is 6.92 Å². The van der Waals surface area contributed by atoms with Crippen molar-refractivity contribution in [3.63, 3.8) is 0 Å². The molecular weight excluding hydrogens is 80.1 g/mol. The molecule has 30 valence electrons. The van der Waals surface area contributed by atoms with Gasteiger partial charge in [-0.1, -0.05) is 6.92 Å². The average molecular weight is 87.2 g/mol. The first-order valence-corrected chi connectivity index (χ1v) is 2.03. The van der Waals surface area contributed by atoms with E-state index in [1.54, 1.807) is 6.08 Å². The van der Waals surface area contributed by atoms with Crippen molar-refractivity contribution in [1.29, 1.82) is 0 Å². The lowest BCUT2D eigenvalue weighted by Crippen LogP contribution is -1.83. The molecule has 0 heterocycles. The summed E-state index contributed by atoms with van der Waals surface area (Å²) >= 11 is 4.66. The SMILES string of the molecule is C=CC(C)[S-]. The lowest BCUT2D eigenvalue weighted by molar-refractivity contribution is 1.27. The largest absolute Gasteiger partial charge is 0.785 e. The first-order chi connectivity index (χ1) is 2.27. The third-order valence-electron chi connectivity index (χ3n) is 0.332. The molecule has 0 rings (SSSR count). The fourth-order valence-electron chi connectivity index (χ4n) is 0. The highest BCUT2D eigenvalue weighted by molar-refractivity contribution is 7.59. The fourth-order valence-corrected chi connectivity index (χ4v) is 0. The monoisotopic (exact) mass is 87.0 g/mol. The fraction of sp³-hybridized carbons (Fsp3) is 0.500. The molecule has 1 atom stereocenters. The minimum atomic E-state index is 0.231. The van der Waals surface area contributed by atoms with Crippen molar-refractivity contribution in [2.75, 3.05) is 0 Å². The molecule has 0 aliphatic heterocycles. The van der Waals surface area contributed by atoms with E-state index in [1.165, 1.54) is 0 Å². The molecule has 0 radical (unpaired) electrons. The molecule has 0 spiro atoms. The zero-order chi connectivity index (χ0) is 4.28. The maximum Gasteiger partial charge on any atom is -0.0813 e. The zero-order valence-corrected chi connectivity index (χ0v) is 4.09. The van der Waals surface area contributed by atoms with Crippen LogP contribution in [0, 0.1) is 0 Å². The molecule has 0 aromatic heterocycles. The Balaban J connectivity index is 2.83. The van der Waals surface area contributed by atoms with Crippen LogP contribution in [0.25, 0.3) is 0 Å². The zero-order valence-electron chi connectivity index (χ0n) is 3.27. The van der Waals surface area contributed by atoms with Crippen molar-refractivity contribution in [2.24, 2.45) is 0 Å². The van der Waals surface area contributed by atoms with Crippen LogP contribution in [0.15, 0.2) is 12.7 Å². The second-order valence-corrected chi connectivity index (χ2v) is 1.68. The molecule has 1 unspecified atom stereocenters. The molecule has 0 aliphatic carbocycles. The van der Waals surface area contributed by atoms with Crippen molar-refractivity contribution in [1.82, 2.24) is 0 Å². The lowest BCUT2D eigenvalue weighted by Gasteiger charge is -2.05. The Hall–Kier alpha value is 0.0900. The topological polar surface area (TPSA) is 0 Å². The van der Waals surface area contributed by atoms with Crippen molar-refractivity contribution in [3.05, 3.63) is 12.7 Å². The molecule has 0 aromatic rings. The van der Waals surface area contributed by atoms with Gasteiger partial charge in [-0.25, -0.2) is 0 Å². The second kappa shape index (κ2) is 2.33. The third-order valence-corrected chi connectivity index (χ3v) is 0.524. The smallest absolute Gasteiger partial charge is 0.0813 e. The molecular formula is C4H7S-. The van der Waals surface area contributed by atoms with Gasteiger partial charge in [-0.2, -0.15) is 0 Å². The first kappa shape index (κ1) is 5.09. The van der Waals surface area contributed by atoms with E-state index >= 15 is 0 Å². The van der Waals surface area contributed by atoms with E-state index in [0.29, 0.717) is 0 Å². The second-order valence-electron chi connectivity index (χ2n) is 0.941. The minimum absolute atomic E-state index is 0.231. The molecule has 1 heteroatoms. The maximum absolute atomic E-state index is 4.66. The predicted molar refractivity (Wildman–Crippen MR) is 27.0 cm³/mol. The van der Waals surface area contributed by atoms with E-state index in [0.717, 1.165) is 0 Å². The molecule has 0 N–H and O–H groups in total. The van der Waals surface area contributed by atoms with E-state index in [-0.39, 0.29) is 5.25 Å². The van der Waals surface area contributed by atoms with Crippen LogP contribution >= 0.6 is 0 Å². The van der Waals surface area contributed by atoms with Crippen LogP contribution in [0.4, 0.5) is 0 Å². The Kier molecular flexibility index (Phi) is 2.38. The molecule has 0 bridgehead atoms. The van der Waals surface area contributed by atoms with Gasteiger partial charge in [0.1, 0.15) is 0 Å². The summed E-state index contributed by atoms with van der Waals surface area (Å²) in [7, 11) is 0. The van der Waals surface area contributed by atoms with Gasteiger partial charge in [-0.3, -0.25) is 0 Å². The summed E-state index contributed by atoms with van der Waals surface area (Å²) in [6.07, 6.45) is 1.73. The molecule has 0 amide bonds. The average Bonchev–Trinajstić information content (AvgIpc) is 1.38. The van der Waals surface area contributed by atoms with Crippen molar-refractivity contribution in [3.8, 4) is 0 Å². The van der Waals surface area contributed by atoms with Crippen LogP contribution in [-0.4, -0.2) is 5.25 Å². The Labute approximate surface area is 38.3 Å². The van der Waals surface area contributed by atoms with E-state index in [4.69, 9.17) is 0 Å². The molecule has 0 saturated carbocycles. The Morgan fingerprint density at radius 3 is 2.20 bits per heavy atom. The summed E-state index contributed by atoms with van der Waals surface area (Å²) in [6, 6.07) is 0. The molecule has 0 aromatic carbocycles. The van der Waals surface area contributed by atoms with Gasteiger partial charge in [0.2, 0.25) is 0 Å². The van der Waals surface area contributed by atoms with Gasteiger partial charge in [-0.15, -0.1) is 17.9 Å². The number of hydrogen-bond donors (Lipinski definition) is 0. The van der Waals surface area contributed by atoms with E-state index in [2.05, 4.69) is 19.2 Å². The van der Waals surface area contributed by atoms with Gasteiger partial charge in [0, 0.05) is 0 Å². The first-order valence-electron chi connectivity index (χ1n) is 1.55. The van der Waals surface area contributed by atoms with E-state index in [9.17, 15) is 0 Å². The highest BCUT2D eigenvalue weighted by Gasteiger charge is 1.59. The highest BCUT2D eigenvalue weighted by Crippen LogP contribution is 1.76. The Morgan fingerprint density at radius 2 is 2.20 bits per heavy atom. The van der Waals surface area contributed by atoms with E-state index < -0.39 is 0 Å². The van der Waals surface area contributed by atoms with Crippen LogP contribution in [0.2, 0.25) is 0 Å². The predicted octanol–water partition coefficient (Wildman–Crippen LogP) is 1.11. The molecule has 0 aliphatic rings. The third kappa shape index (κ3) is 4.09. The van der Waals surface area contributed by atoms with Crippen LogP contribution < -0.4 is 0 Å². The summed E-state index contributed by atoms with van der Waals surface area (Å²) in [5, 5.41) is 0.231. The van der Waals surface area contributed by atoms with Gasteiger partial charge < -0.3 is 12.6 Å². The van der Waals surface area contributed by atoms with Crippen LogP contribution in [-0.2, 0) is 12.6 Å².